The van der Waals surface area contributed by atoms with E-state index in [0.29, 0.717) is 22.7 Å². The van der Waals surface area contributed by atoms with Crippen molar-refractivity contribution in [3.63, 3.8) is 0 Å². The van der Waals surface area contributed by atoms with E-state index in [1.54, 1.807) is 0 Å². The summed E-state index contributed by atoms with van der Waals surface area (Å²) in [6.45, 7) is -0.409. The number of imidazole rings is 1. The summed E-state index contributed by atoms with van der Waals surface area (Å²) in [5.74, 6) is 1.05. The molecule has 3 heterocycles. The summed E-state index contributed by atoms with van der Waals surface area (Å²) in [5, 5.41) is 38.5. The molecular weight excluding hydrogens is 400 g/mol. The Labute approximate surface area is 171 Å². The molecule has 1 aliphatic heterocycles. The average Bonchev–Trinajstić information content (AvgIpc) is 3.23. The number of thioether (sulfide) groups is 1. The van der Waals surface area contributed by atoms with Gasteiger partial charge in [0.05, 0.1) is 19.0 Å². The lowest BCUT2D eigenvalue weighted by molar-refractivity contribution is -0.0511. The van der Waals surface area contributed by atoms with Crippen molar-refractivity contribution in [2.45, 2.75) is 61.8 Å². The molecule has 0 aromatic carbocycles. The minimum absolute atomic E-state index is 0. The Morgan fingerprint density at radius 3 is 2.66 bits per heavy atom. The summed E-state index contributed by atoms with van der Waals surface area (Å²) in [6.07, 6.45) is 1.73. The highest BCUT2D eigenvalue weighted by atomic mass is 32.2. The van der Waals surface area contributed by atoms with E-state index >= 15 is 0 Å². The molecule has 2 unspecified atom stereocenters. The predicted octanol–water partition coefficient (Wildman–Crippen LogP) is -0.239. The number of ether oxygens (including phenoxy) is 1. The molecule has 29 heavy (non-hydrogen) atoms. The zero-order valence-electron chi connectivity index (χ0n) is 15.8. The van der Waals surface area contributed by atoms with Gasteiger partial charge in [-0.1, -0.05) is 24.6 Å². The van der Waals surface area contributed by atoms with Crippen molar-refractivity contribution < 1.29 is 25.5 Å². The molecule has 11 nitrogen and oxygen atoms in total. The maximum atomic E-state index is 10.3. The highest BCUT2D eigenvalue weighted by Crippen LogP contribution is 2.32. The van der Waals surface area contributed by atoms with Crippen molar-refractivity contribution in [3.8, 4) is 6.07 Å². The monoisotopic (exact) mass is 426 g/mol. The molecule has 0 aliphatic carbocycles. The minimum Gasteiger partial charge on any atom is -0.412 e. The number of aliphatic hydroxyl groups excluding tert-OH is 3. The predicted molar refractivity (Wildman–Crippen MR) is 106 cm³/mol. The Balaban J connectivity index is 0.00000300. The van der Waals surface area contributed by atoms with E-state index in [0.717, 1.165) is 31.4 Å². The molecule has 3 rings (SSSR count). The minimum atomic E-state index is -1.23. The lowest BCUT2D eigenvalue weighted by Gasteiger charge is -2.16. The molecule has 4 atom stereocenters. The number of hydrogen-bond acceptors (Lipinski definition) is 10. The zero-order valence-corrected chi connectivity index (χ0v) is 16.6. The fraction of sp³-hybridized carbons (Fsp3) is 0.647. The average molecular weight is 426 g/mol. The lowest BCUT2D eigenvalue weighted by Crippen LogP contribution is -2.33. The number of aromatic nitrogens is 4. The van der Waals surface area contributed by atoms with Crippen LogP contribution in [0.5, 0.6) is 0 Å². The Morgan fingerprint density at radius 2 is 1.97 bits per heavy atom. The quantitative estimate of drug-likeness (QED) is 0.236. The molecular formula is C17H26N6O5S. The van der Waals surface area contributed by atoms with Crippen LogP contribution in [-0.2, 0) is 4.74 Å². The van der Waals surface area contributed by atoms with Gasteiger partial charge in [0, 0.05) is 12.2 Å². The van der Waals surface area contributed by atoms with E-state index in [1.807, 2.05) is 0 Å². The fourth-order valence-electron chi connectivity index (χ4n) is 3.10. The molecule has 0 bridgehead atoms. The van der Waals surface area contributed by atoms with Gasteiger partial charge in [0.15, 0.2) is 22.8 Å². The smallest absolute Gasteiger partial charge is 0.191 e. The molecule has 2 aromatic rings. The standard InChI is InChI=1S/C17H24N6O4S.H2O/c18-6-4-2-1-3-5-7-28-17-21-14(19)11-15(22-17)23(9-20-11)16-13(26)12(25)10(8-24)27-16;/h9-10,12-13,16,24-26H,1-5,7-8H2,(H2,19,21,22);1H2/t10-,12?,13?,16-;/m1./s1. The Kier molecular flexibility index (Phi) is 8.57. The molecule has 160 valence electrons. The zero-order chi connectivity index (χ0) is 20.1. The largest absolute Gasteiger partial charge is 0.412 e. The molecule has 0 saturated carbocycles. The van der Waals surface area contributed by atoms with Crippen molar-refractivity contribution in [2.75, 3.05) is 18.1 Å². The van der Waals surface area contributed by atoms with Crippen LogP contribution in [0.25, 0.3) is 11.2 Å². The van der Waals surface area contributed by atoms with Crippen LogP contribution in [0.15, 0.2) is 11.5 Å². The van der Waals surface area contributed by atoms with Gasteiger partial charge in [-0.15, -0.1) is 0 Å². The van der Waals surface area contributed by atoms with Gasteiger partial charge in [-0.25, -0.2) is 15.0 Å². The van der Waals surface area contributed by atoms with Crippen molar-refractivity contribution >= 4 is 28.7 Å². The van der Waals surface area contributed by atoms with E-state index in [2.05, 4.69) is 21.0 Å². The molecule has 1 fully saturated rings. The number of aliphatic hydroxyl groups is 3. The first-order valence-corrected chi connectivity index (χ1v) is 10.2. The van der Waals surface area contributed by atoms with Gasteiger partial charge >= 0.3 is 0 Å². The number of nitrogens with zero attached hydrogens (tertiary/aromatic N) is 5. The molecule has 0 amide bonds. The highest BCUT2D eigenvalue weighted by Gasteiger charge is 2.44. The van der Waals surface area contributed by atoms with Crippen LogP contribution in [-0.4, -0.2) is 71.0 Å². The van der Waals surface area contributed by atoms with E-state index in [9.17, 15) is 15.3 Å². The van der Waals surface area contributed by atoms with Crippen LogP contribution in [0.3, 0.4) is 0 Å². The molecule has 2 aromatic heterocycles. The number of anilines is 1. The van der Waals surface area contributed by atoms with Crippen LogP contribution in [0.2, 0.25) is 0 Å². The third-order valence-corrected chi connectivity index (χ3v) is 5.57. The van der Waals surface area contributed by atoms with Crippen LogP contribution >= 0.6 is 11.8 Å². The van der Waals surface area contributed by atoms with E-state index in [1.165, 1.54) is 22.7 Å². The van der Waals surface area contributed by atoms with Crippen LogP contribution in [0.1, 0.15) is 38.3 Å². The first-order chi connectivity index (χ1) is 13.6. The maximum Gasteiger partial charge on any atom is 0.191 e. The number of nitrogen functional groups attached to an aromatic ring is 1. The number of rotatable bonds is 9. The molecule has 1 aliphatic rings. The number of unbranched alkanes of at least 4 members (excludes halogenated alkanes) is 4. The SMILES string of the molecule is N#CCCCCCCSc1nc(N)c2ncn([C@@H]3O[C@H](CO)C(O)C3O)c2n1.O. The van der Waals surface area contributed by atoms with Gasteiger partial charge in [-0.05, 0) is 12.8 Å². The van der Waals surface area contributed by atoms with Crippen LogP contribution < -0.4 is 5.73 Å². The number of hydrogen-bond donors (Lipinski definition) is 4. The van der Waals surface area contributed by atoms with Gasteiger partial charge in [0.25, 0.3) is 0 Å². The van der Waals surface area contributed by atoms with E-state index in [-0.39, 0.29) is 11.3 Å². The van der Waals surface area contributed by atoms with Gasteiger partial charge in [-0.2, -0.15) is 5.26 Å². The molecule has 12 heteroatoms. The number of fused-ring (bicyclic) bond motifs is 1. The second-order valence-electron chi connectivity index (χ2n) is 6.62. The fourth-order valence-corrected chi connectivity index (χ4v) is 3.95. The maximum absolute atomic E-state index is 10.3. The topological polar surface area (TPSA) is 195 Å². The summed E-state index contributed by atoms with van der Waals surface area (Å²) >= 11 is 1.47. The summed E-state index contributed by atoms with van der Waals surface area (Å²) in [4.78, 5) is 13.0. The first-order valence-electron chi connectivity index (χ1n) is 9.19. The second-order valence-corrected chi connectivity index (χ2v) is 7.68. The van der Waals surface area contributed by atoms with Crippen LogP contribution in [0, 0.1) is 11.3 Å². The summed E-state index contributed by atoms with van der Waals surface area (Å²) in [7, 11) is 0. The third-order valence-electron chi connectivity index (χ3n) is 4.63. The van der Waals surface area contributed by atoms with Crippen LogP contribution in [0.4, 0.5) is 5.82 Å². The Morgan fingerprint density at radius 1 is 1.21 bits per heavy atom. The number of nitrogens with two attached hydrogens (primary N) is 1. The molecule has 7 N–H and O–H groups in total. The molecule has 0 spiro atoms. The number of nitriles is 1. The Bertz CT molecular complexity index is 844. The second kappa shape index (κ2) is 10.7. The first kappa shape index (κ1) is 23.3. The summed E-state index contributed by atoms with van der Waals surface area (Å²) in [6, 6.07) is 2.14. The summed E-state index contributed by atoms with van der Waals surface area (Å²) in [5.41, 5.74) is 6.80. The van der Waals surface area contributed by atoms with Gasteiger partial charge in [-0.3, -0.25) is 4.57 Å². The lowest BCUT2D eigenvalue weighted by atomic mass is 10.1. The molecule has 0 radical (unpaired) electrons. The van der Waals surface area contributed by atoms with Gasteiger partial charge < -0.3 is 31.3 Å². The highest BCUT2D eigenvalue weighted by molar-refractivity contribution is 7.99. The van der Waals surface area contributed by atoms with Crippen molar-refractivity contribution in [1.29, 1.82) is 5.26 Å². The van der Waals surface area contributed by atoms with Crippen molar-refractivity contribution in [1.82, 2.24) is 19.5 Å². The van der Waals surface area contributed by atoms with E-state index in [4.69, 9.17) is 15.7 Å². The third kappa shape index (κ3) is 5.13. The Hall–Kier alpha value is -2.01. The molecule has 1 saturated heterocycles. The van der Waals surface area contributed by atoms with Gasteiger partial charge in [0.1, 0.15) is 23.8 Å². The van der Waals surface area contributed by atoms with Crippen molar-refractivity contribution in [3.05, 3.63) is 6.33 Å². The summed E-state index contributed by atoms with van der Waals surface area (Å²) < 4.78 is 7.06. The van der Waals surface area contributed by atoms with Gasteiger partial charge in [0.2, 0.25) is 0 Å². The normalized spacial score (nSPS) is 23.8. The van der Waals surface area contributed by atoms with Crippen molar-refractivity contribution in [2.24, 2.45) is 0 Å². The van der Waals surface area contributed by atoms with E-state index < -0.39 is 31.1 Å².